The predicted molar refractivity (Wildman–Crippen MR) is 158 cm³/mol. The van der Waals surface area contributed by atoms with E-state index in [1.54, 1.807) is 0 Å². The zero-order chi connectivity index (χ0) is 26.3. The number of hydrogen-bond acceptors (Lipinski definition) is 2. The van der Waals surface area contributed by atoms with E-state index in [-0.39, 0.29) is 11.8 Å². The minimum Gasteiger partial charge on any atom is -0.507 e. The first-order valence-corrected chi connectivity index (χ1v) is 13.5. The van der Waals surface area contributed by atoms with Gasteiger partial charge in [0.05, 0.1) is 0 Å². The Kier molecular flexibility index (Phi) is 8.61. The molecule has 4 rings (SSSR count). The molecule has 0 aliphatic carbocycles. The summed E-state index contributed by atoms with van der Waals surface area (Å²) in [5, 5.41) is 11.8. The molecule has 0 heterocycles. The van der Waals surface area contributed by atoms with Gasteiger partial charge in [0.25, 0.3) is 0 Å². The van der Waals surface area contributed by atoms with Crippen molar-refractivity contribution in [1.29, 1.82) is 0 Å². The number of hydrogen-bond donors (Lipinski definition) is 1. The van der Waals surface area contributed by atoms with Crippen LogP contribution in [0.5, 0.6) is 5.75 Å². The standard InChI is InChI=1S/C35H39NO/c1-26(2)15-14-16-27(3)36-25-30-23-29(28-17-8-5-9-18-28)24-33(34(30)37)35(4,31-19-10-6-11-20-31)32-21-12-7-13-22-32/h5-13,17-27,37H,14-16H2,1-4H3. The van der Waals surface area contributed by atoms with Crippen molar-refractivity contribution in [3.8, 4) is 16.9 Å². The third-order valence-electron chi connectivity index (χ3n) is 7.36. The lowest BCUT2D eigenvalue weighted by Gasteiger charge is -2.33. The van der Waals surface area contributed by atoms with Gasteiger partial charge in [-0.15, -0.1) is 0 Å². The number of aliphatic imine (C=N–C) groups is 1. The molecule has 0 bridgehead atoms. The van der Waals surface area contributed by atoms with Crippen molar-refractivity contribution >= 4 is 6.21 Å². The first-order chi connectivity index (χ1) is 17.9. The summed E-state index contributed by atoms with van der Waals surface area (Å²) in [6.07, 6.45) is 5.30. The SMILES string of the molecule is CC(C)CCCC(C)N=Cc1cc(-c2ccccc2)cc(C(C)(c2ccccc2)c2ccccc2)c1O. The smallest absolute Gasteiger partial charge is 0.128 e. The van der Waals surface area contributed by atoms with E-state index >= 15 is 0 Å². The van der Waals surface area contributed by atoms with Crippen molar-refractivity contribution in [3.63, 3.8) is 0 Å². The maximum atomic E-state index is 11.8. The largest absolute Gasteiger partial charge is 0.507 e. The van der Waals surface area contributed by atoms with Crippen LogP contribution >= 0.6 is 0 Å². The molecule has 0 fully saturated rings. The van der Waals surface area contributed by atoms with Gasteiger partial charge in [0.2, 0.25) is 0 Å². The third-order valence-corrected chi connectivity index (χ3v) is 7.36. The molecule has 4 aromatic rings. The number of benzene rings is 4. The van der Waals surface area contributed by atoms with Gasteiger partial charge in [-0.3, -0.25) is 4.99 Å². The van der Waals surface area contributed by atoms with E-state index in [0.29, 0.717) is 5.92 Å². The highest BCUT2D eigenvalue weighted by Gasteiger charge is 2.34. The normalized spacial score (nSPS) is 12.8. The second kappa shape index (κ2) is 12.1. The van der Waals surface area contributed by atoms with Crippen LogP contribution in [0.2, 0.25) is 0 Å². The van der Waals surface area contributed by atoms with Gasteiger partial charge in [0, 0.05) is 28.8 Å². The molecule has 0 saturated carbocycles. The molecule has 0 radical (unpaired) electrons. The molecule has 0 aliphatic heterocycles. The fraction of sp³-hybridized carbons (Fsp3) is 0.286. The summed E-state index contributed by atoms with van der Waals surface area (Å²) in [4.78, 5) is 4.87. The highest BCUT2D eigenvalue weighted by molar-refractivity contribution is 5.88. The average Bonchev–Trinajstić information content (AvgIpc) is 2.93. The van der Waals surface area contributed by atoms with E-state index in [1.165, 1.54) is 6.42 Å². The predicted octanol–water partition coefficient (Wildman–Crippen LogP) is 9.05. The molecule has 37 heavy (non-hydrogen) atoms. The van der Waals surface area contributed by atoms with Crippen LogP contribution in [0, 0.1) is 5.92 Å². The van der Waals surface area contributed by atoms with E-state index < -0.39 is 5.41 Å². The number of rotatable bonds is 10. The molecular weight excluding hydrogens is 450 g/mol. The maximum absolute atomic E-state index is 11.8. The first-order valence-electron chi connectivity index (χ1n) is 13.5. The molecule has 0 aromatic heterocycles. The molecule has 190 valence electrons. The summed E-state index contributed by atoms with van der Waals surface area (Å²) >= 11 is 0. The van der Waals surface area contributed by atoms with Gasteiger partial charge in [0.15, 0.2) is 0 Å². The lowest BCUT2D eigenvalue weighted by Crippen LogP contribution is -2.26. The molecule has 2 heteroatoms. The van der Waals surface area contributed by atoms with Gasteiger partial charge >= 0.3 is 0 Å². The van der Waals surface area contributed by atoms with Gasteiger partial charge < -0.3 is 5.11 Å². The molecule has 4 aromatic carbocycles. The van der Waals surface area contributed by atoms with Gasteiger partial charge in [0.1, 0.15) is 5.75 Å². The second-order valence-electron chi connectivity index (χ2n) is 10.6. The van der Waals surface area contributed by atoms with E-state index in [9.17, 15) is 5.11 Å². The van der Waals surface area contributed by atoms with Crippen LogP contribution in [0.15, 0.2) is 108 Å². The van der Waals surface area contributed by atoms with Crippen molar-refractivity contribution < 1.29 is 5.11 Å². The summed E-state index contributed by atoms with van der Waals surface area (Å²) in [7, 11) is 0. The number of phenols is 1. The molecule has 2 nitrogen and oxygen atoms in total. The zero-order valence-corrected chi connectivity index (χ0v) is 22.6. The molecule has 1 N–H and O–H groups in total. The topological polar surface area (TPSA) is 32.6 Å². The van der Waals surface area contributed by atoms with Crippen LogP contribution < -0.4 is 0 Å². The number of nitrogens with zero attached hydrogens (tertiary/aromatic N) is 1. The molecular formula is C35H39NO. The van der Waals surface area contributed by atoms with Gasteiger partial charge in [-0.2, -0.15) is 0 Å². The monoisotopic (exact) mass is 489 g/mol. The fourth-order valence-electron chi connectivity index (χ4n) is 5.06. The van der Waals surface area contributed by atoms with Crippen LogP contribution in [-0.2, 0) is 5.41 Å². The van der Waals surface area contributed by atoms with E-state index in [0.717, 1.165) is 46.2 Å². The van der Waals surface area contributed by atoms with Crippen molar-refractivity contribution in [3.05, 3.63) is 125 Å². The molecule has 0 aliphatic rings. The Morgan fingerprint density at radius 1 is 0.730 bits per heavy atom. The molecule has 1 unspecified atom stereocenters. The Hall–Kier alpha value is -3.65. The quantitative estimate of drug-likeness (QED) is 0.175. The first kappa shape index (κ1) is 26.4. The Balaban J connectivity index is 1.86. The minimum absolute atomic E-state index is 0.205. The van der Waals surface area contributed by atoms with Crippen molar-refractivity contribution in [1.82, 2.24) is 0 Å². The molecule has 0 saturated heterocycles. The maximum Gasteiger partial charge on any atom is 0.128 e. The molecule has 1 atom stereocenters. The summed E-state index contributed by atoms with van der Waals surface area (Å²) < 4.78 is 0. The van der Waals surface area contributed by atoms with Crippen LogP contribution in [0.25, 0.3) is 11.1 Å². The van der Waals surface area contributed by atoms with Crippen molar-refractivity contribution in [2.24, 2.45) is 10.9 Å². The fourth-order valence-corrected chi connectivity index (χ4v) is 5.06. The van der Waals surface area contributed by atoms with Gasteiger partial charge in [-0.25, -0.2) is 0 Å². The number of phenolic OH excluding ortho intramolecular Hbond substituents is 1. The average molecular weight is 490 g/mol. The van der Waals surface area contributed by atoms with Crippen LogP contribution in [0.4, 0.5) is 0 Å². The molecule has 0 spiro atoms. The second-order valence-corrected chi connectivity index (χ2v) is 10.6. The summed E-state index contributed by atoms with van der Waals surface area (Å²) in [5.41, 5.74) is 5.53. The number of aromatic hydroxyl groups is 1. The minimum atomic E-state index is -0.553. The van der Waals surface area contributed by atoms with Crippen LogP contribution in [0.1, 0.15) is 69.2 Å². The van der Waals surface area contributed by atoms with Crippen LogP contribution in [-0.4, -0.2) is 17.4 Å². The summed E-state index contributed by atoms with van der Waals surface area (Å²) in [6, 6.07) is 35.7. The Labute approximate surface area is 222 Å². The van der Waals surface area contributed by atoms with Crippen LogP contribution in [0.3, 0.4) is 0 Å². The van der Waals surface area contributed by atoms with E-state index in [4.69, 9.17) is 4.99 Å². The zero-order valence-electron chi connectivity index (χ0n) is 22.6. The van der Waals surface area contributed by atoms with Gasteiger partial charge in [-0.05, 0) is 60.6 Å². The summed E-state index contributed by atoms with van der Waals surface area (Å²) in [5.74, 6) is 0.993. The van der Waals surface area contributed by atoms with E-state index in [2.05, 4.69) is 113 Å². The lowest BCUT2D eigenvalue weighted by atomic mass is 9.70. The van der Waals surface area contributed by atoms with Gasteiger partial charge in [-0.1, -0.05) is 118 Å². The Morgan fingerprint density at radius 2 is 1.27 bits per heavy atom. The van der Waals surface area contributed by atoms with Crippen molar-refractivity contribution in [2.75, 3.05) is 0 Å². The lowest BCUT2D eigenvalue weighted by molar-refractivity contribution is 0.456. The Morgan fingerprint density at radius 3 is 1.81 bits per heavy atom. The highest BCUT2D eigenvalue weighted by atomic mass is 16.3. The third kappa shape index (κ3) is 6.20. The Bertz CT molecular complexity index is 1250. The van der Waals surface area contributed by atoms with Crippen molar-refractivity contribution in [2.45, 2.75) is 58.4 Å². The van der Waals surface area contributed by atoms with E-state index in [1.807, 2.05) is 24.4 Å². The summed E-state index contributed by atoms with van der Waals surface area (Å²) in [6.45, 7) is 8.89. The highest BCUT2D eigenvalue weighted by Crippen LogP contribution is 2.45. The molecule has 0 amide bonds.